The number of ketones is 1. The number of hydrogen-bond acceptors (Lipinski definition) is 8. The van der Waals surface area contributed by atoms with Gasteiger partial charge in [-0.1, -0.05) is 45.1 Å². The molecule has 0 radical (unpaired) electrons. The molecule has 0 atom stereocenters. The highest BCUT2D eigenvalue weighted by Gasteiger charge is 2.11. The smallest absolute Gasteiger partial charge is 0.229 e. The van der Waals surface area contributed by atoms with Crippen molar-refractivity contribution >= 4 is 71.3 Å². The van der Waals surface area contributed by atoms with Crippen molar-refractivity contribution in [3.63, 3.8) is 0 Å². The first kappa shape index (κ1) is 20.8. The number of rotatable bonds is 8. The number of sulfonamides is 1. The lowest BCUT2D eigenvalue weighted by Crippen LogP contribution is -2.10. The van der Waals surface area contributed by atoms with Gasteiger partial charge in [0.05, 0.1) is 12.0 Å². The van der Waals surface area contributed by atoms with Crippen molar-refractivity contribution in [2.45, 2.75) is 4.34 Å². The molecule has 28 heavy (non-hydrogen) atoms. The molecule has 0 saturated heterocycles. The van der Waals surface area contributed by atoms with Gasteiger partial charge in [0.2, 0.25) is 15.2 Å². The minimum Gasteiger partial charge on any atom is -0.330 e. The molecule has 0 unspecified atom stereocenters. The zero-order valence-corrected chi connectivity index (χ0v) is 18.6. The summed E-state index contributed by atoms with van der Waals surface area (Å²) in [5.74, 6) is 0.136. The van der Waals surface area contributed by atoms with Crippen LogP contribution in [-0.2, 0) is 10.0 Å². The molecular formula is C17H15BrN4O3S3. The van der Waals surface area contributed by atoms with Crippen LogP contribution in [0.1, 0.15) is 10.4 Å². The Bertz CT molecular complexity index is 1090. The minimum absolute atomic E-state index is 0.0763. The molecular weight excluding hydrogens is 484 g/mol. The number of thioether (sulfide) groups is 1. The van der Waals surface area contributed by atoms with Crippen molar-refractivity contribution in [1.29, 1.82) is 0 Å². The van der Waals surface area contributed by atoms with Crippen molar-refractivity contribution in [3.05, 3.63) is 58.6 Å². The van der Waals surface area contributed by atoms with E-state index in [9.17, 15) is 13.2 Å². The molecule has 7 nitrogen and oxygen atoms in total. The van der Waals surface area contributed by atoms with Crippen molar-refractivity contribution in [1.82, 2.24) is 10.2 Å². The Kier molecular flexibility index (Phi) is 6.70. The van der Waals surface area contributed by atoms with Crippen LogP contribution in [0.15, 0.2) is 57.3 Å². The molecule has 1 aromatic heterocycles. The SMILES string of the molecule is CS(=O)(=O)Nc1ccc(C(=O)CSc2nnc(Nc3cccc(Br)c3)s2)cc1. The predicted octanol–water partition coefficient (Wildman–Crippen LogP) is 4.39. The van der Waals surface area contributed by atoms with E-state index in [4.69, 9.17) is 0 Å². The number of Topliss-reactive ketones (excluding diaryl/α,β-unsaturated/α-hetero) is 1. The molecule has 2 aromatic carbocycles. The van der Waals surface area contributed by atoms with Crippen LogP contribution in [0.3, 0.4) is 0 Å². The first-order chi connectivity index (χ1) is 13.3. The zero-order valence-electron chi connectivity index (χ0n) is 14.5. The fourth-order valence-corrected chi connectivity index (χ4v) is 4.79. The number of nitrogens with one attached hydrogen (secondary N) is 2. The maximum atomic E-state index is 12.3. The lowest BCUT2D eigenvalue weighted by molar-refractivity contribution is 0.102. The number of benzene rings is 2. The highest BCUT2D eigenvalue weighted by Crippen LogP contribution is 2.29. The summed E-state index contributed by atoms with van der Waals surface area (Å²) in [6.07, 6.45) is 1.07. The van der Waals surface area contributed by atoms with Gasteiger partial charge in [0.15, 0.2) is 10.1 Å². The molecule has 11 heteroatoms. The summed E-state index contributed by atoms with van der Waals surface area (Å²) in [5, 5.41) is 12.0. The van der Waals surface area contributed by atoms with Crippen molar-refractivity contribution in [3.8, 4) is 0 Å². The van der Waals surface area contributed by atoms with Crippen LogP contribution in [0.4, 0.5) is 16.5 Å². The molecule has 0 aliphatic rings. The van der Waals surface area contributed by atoms with E-state index < -0.39 is 10.0 Å². The van der Waals surface area contributed by atoms with Gasteiger partial charge in [0.25, 0.3) is 0 Å². The highest BCUT2D eigenvalue weighted by atomic mass is 79.9. The van der Waals surface area contributed by atoms with E-state index in [1.807, 2.05) is 24.3 Å². The Morgan fingerprint density at radius 2 is 1.89 bits per heavy atom. The van der Waals surface area contributed by atoms with E-state index in [1.54, 1.807) is 24.3 Å². The third kappa shape index (κ3) is 6.30. The van der Waals surface area contributed by atoms with Crippen molar-refractivity contribution < 1.29 is 13.2 Å². The Labute approximate surface area is 179 Å². The Morgan fingerprint density at radius 3 is 2.57 bits per heavy atom. The Hall–Kier alpha value is -1.95. The second-order valence-corrected chi connectivity index (χ2v) is 10.5. The lowest BCUT2D eigenvalue weighted by atomic mass is 10.1. The van der Waals surface area contributed by atoms with Crippen LogP contribution in [0.25, 0.3) is 0 Å². The number of nitrogens with zero attached hydrogens (tertiary/aromatic N) is 2. The highest BCUT2D eigenvalue weighted by molar-refractivity contribution is 9.10. The normalized spacial score (nSPS) is 11.2. The molecule has 1 heterocycles. The molecule has 0 bridgehead atoms. The average Bonchev–Trinajstić information content (AvgIpc) is 3.06. The van der Waals surface area contributed by atoms with Gasteiger partial charge in [-0.05, 0) is 42.5 Å². The molecule has 0 aliphatic heterocycles. The van der Waals surface area contributed by atoms with Gasteiger partial charge in [-0.2, -0.15) is 0 Å². The molecule has 2 N–H and O–H groups in total. The largest absolute Gasteiger partial charge is 0.330 e. The lowest BCUT2D eigenvalue weighted by Gasteiger charge is -2.04. The molecule has 0 amide bonds. The maximum absolute atomic E-state index is 12.3. The van der Waals surface area contributed by atoms with E-state index in [0.29, 0.717) is 20.7 Å². The van der Waals surface area contributed by atoms with Gasteiger partial charge in [-0.15, -0.1) is 10.2 Å². The van der Waals surface area contributed by atoms with Gasteiger partial charge in [0, 0.05) is 21.4 Å². The topological polar surface area (TPSA) is 101 Å². The van der Waals surface area contributed by atoms with Crippen molar-refractivity contribution in [2.75, 3.05) is 22.0 Å². The second-order valence-electron chi connectivity index (χ2n) is 5.67. The molecule has 3 aromatic rings. The first-order valence-electron chi connectivity index (χ1n) is 7.88. The van der Waals surface area contributed by atoms with Crippen LogP contribution in [0, 0.1) is 0 Å². The number of aromatic nitrogens is 2. The standard InChI is InChI=1S/C17H15BrN4O3S3/c1-28(24,25)22-13-7-5-11(6-8-13)15(23)10-26-17-21-20-16(27-17)19-14-4-2-3-12(18)9-14/h2-9,22H,10H2,1H3,(H,19,20). The zero-order chi connectivity index (χ0) is 20.1. The summed E-state index contributed by atoms with van der Waals surface area (Å²) in [6.45, 7) is 0. The second kappa shape index (κ2) is 9.03. The third-order valence-electron chi connectivity index (χ3n) is 3.32. The minimum atomic E-state index is -3.34. The van der Waals surface area contributed by atoms with Crippen LogP contribution in [-0.4, -0.2) is 36.4 Å². The fraction of sp³-hybridized carbons (Fsp3) is 0.118. The molecule has 0 spiro atoms. The fourth-order valence-electron chi connectivity index (χ4n) is 2.16. The van der Waals surface area contributed by atoms with Crippen LogP contribution < -0.4 is 10.0 Å². The van der Waals surface area contributed by atoms with Crippen LogP contribution >= 0.6 is 39.0 Å². The molecule has 0 fully saturated rings. The van der Waals surface area contributed by atoms with E-state index >= 15 is 0 Å². The molecule has 0 saturated carbocycles. The Morgan fingerprint density at radius 1 is 1.14 bits per heavy atom. The van der Waals surface area contributed by atoms with Gasteiger partial charge in [-0.3, -0.25) is 9.52 Å². The quantitative estimate of drug-likeness (QED) is 0.350. The van der Waals surface area contributed by atoms with Crippen molar-refractivity contribution in [2.24, 2.45) is 0 Å². The van der Waals surface area contributed by atoms with E-state index in [0.717, 1.165) is 16.4 Å². The summed E-state index contributed by atoms with van der Waals surface area (Å²) >= 11 is 6.09. The number of halogens is 1. The van der Waals surface area contributed by atoms with Gasteiger partial charge in [0.1, 0.15) is 0 Å². The number of anilines is 3. The van der Waals surface area contributed by atoms with E-state index in [1.165, 1.54) is 23.1 Å². The summed E-state index contributed by atoms with van der Waals surface area (Å²) in [5.41, 5.74) is 1.81. The maximum Gasteiger partial charge on any atom is 0.229 e. The average molecular weight is 499 g/mol. The van der Waals surface area contributed by atoms with Gasteiger partial charge >= 0.3 is 0 Å². The summed E-state index contributed by atoms with van der Waals surface area (Å²) < 4.78 is 26.4. The number of carbonyl (C=O) groups excluding carboxylic acids is 1. The third-order valence-corrected chi connectivity index (χ3v) is 6.39. The van der Waals surface area contributed by atoms with E-state index in [-0.39, 0.29) is 11.5 Å². The predicted molar refractivity (Wildman–Crippen MR) is 117 cm³/mol. The summed E-state index contributed by atoms with van der Waals surface area (Å²) in [4.78, 5) is 12.3. The summed E-state index contributed by atoms with van der Waals surface area (Å²) in [7, 11) is -3.34. The summed E-state index contributed by atoms with van der Waals surface area (Å²) in [6, 6.07) is 14.0. The van der Waals surface area contributed by atoms with Crippen LogP contribution in [0.5, 0.6) is 0 Å². The monoisotopic (exact) mass is 498 g/mol. The van der Waals surface area contributed by atoms with Gasteiger partial charge < -0.3 is 5.32 Å². The van der Waals surface area contributed by atoms with E-state index in [2.05, 4.69) is 36.2 Å². The Balaban J connectivity index is 1.55. The van der Waals surface area contributed by atoms with Gasteiger partial charge in [-0.25, -0.2) is 8.42 Å². The van der Waals surface area contributed by atoms with Crippen LogP contribution in [0.2, 0.25) is 0 Å². The molecule has 0 aliphatic carbocycles. The molecule has 146 valence electrons. The molecule has 3 rings (SSSR count). The number of hydrogen-bond donors (Lipinski definition) is 2. The number of carbonyl (C=O) groups is 1. The first-order valence-corrected chi connectivity index (χ1v) is 12.4.